The molecule has 0 saturated carbocycles. The van der Waals surface area contributed by atoms with Crippen LogP contribution in [0, 0.1) is 10.1 Å². The van der Waals surface area contributed by atoms with Crippen LogP contribution in [-0.2, 0) is 0 Å². The number of halogens is 2. The highest BCUT2D eigenvalue weighted by Gasteiger charge is 2.18. The molecular weight excluding hydrogens is 257 g/mol. The molecule has 0 spiro atoms. The first kappa shape index (κ1) is 12.6. The Morgan fingerprint density at radius 2 is 1.93 bits per heavy atom. The van der Waals surface area contributed by atoms with E-state index in [0.29, 0.717) is 0 Å². The van der Waals surface area contributed by atoms with Crippen molar-refractivity contribution >= 4 is 40.7 Å². The SMILES string of the molecule is CCCSc1cc(Cl)c([N+](=O)[O-])c(Cl)c1. The molecule has 1 aromatic carbocycles. The van der Waals surface area contributed by atoms with Gasteiger partial charge in [-0.15, -0.1) is 11.8 Å². The molecule has 82 valence electrons. The Kier molecular flexibility index (Phi) is 4.70. The third kappa shape index (κ3) is 3.26. The van der Waals surface area contributed by atoms with Gasteiger partial charge in [0.25, 0.3) is 0 Å². The maximum Gasteiger partial charge on any atom is 0.306 e. The van der Waals surface area contributed by atoms with Crippen molar-refractivity contribution in [2.75, 3.05) is 5.75 Å². The number of rotatable bonds is 4. The highest BCUT2D eigenvalue weighted by Crippen LogP contribution is 2.36. The van der Waals surface area contributed by atoms with Crippen molar-refractivity contribution in [2.24, 2.45) is 0 Å². The molecule has 0 fully saturated rings. The summed E-state index contributed by atoms with van der Waals surface area (Å²) >= 11 is 13.1. The van der Waals surface area contributed by atoms with Gasteiger partial charge in [0.2, 0.25) is 0 Å². The van der Waals surface area contributed by atoms with Gasteiger partial charge in [-0.25, -0.2) is 0 Å². The molecule has 6 heteroatoms. The average Bonchev–Trinajstić information content (AvgIpc) is 2.12. The summed E-state index contributed by atoms with van der Waals surface area (Å²) in [5, 5.41) is 10.8. The molecule has 0 saturated heterocycles. The highest BCUT2D eigenvalue weighted by molar-refractivity contribution is 7.99. The molecule has 0 atom stereocenters. The molecule has 0 aliphatic rings. The number of nitrogens with zero attached hydrogens (tertiary/aromatic N) is 1. The van der Waals surface area contributed by atoms with E-state index in [9.17, 15) is 10.1 Å². The van der Waals surface area contributed by atoms with Crippen LogP contribution in [0.15, 0.2) is 17.0 Å². The average molecular weight is 266 g/mol. The van der Waals surface area contributed by atoms with Gasteiger partial charge in [0, 0.05) is 4.90 Å². The molecule has 15 heavy (non-hydrogen) atoms. The summed E-state index contributed by atoms with van der Waals surface area (Å²) in [4.78, 5) is 10.9. The molecule has 1 rings (SSSR count). The summed E-state index contributed by atoms with van der Waals surface area (Å²) in [5.41, 5.74) is -0.223. The Morgan fingerprint density at radius 3 is 2.33 bits per heavy atom. The third-order valence-electron chi connectivity index (χ3n) is 1.65. The molecule has 0 aliphatic carbocycles. The van der Waals surface area contributed by atoms with Crippen LogP contribution in [0.1, 0.15) is 13.3 Å². The monoisotopic (exact) mass is 265 g/mol. The molecule has 0 aliphatic heterocycles. The molecule has 3 nitrogen and oxygen atoms in total. The van der Waals surface area contributed by atoms with Gasteiger partial charge in [0.15, 0.2) is 0 Å². The van der Waals surface area contributed by atoms with Crippen LogP contribution in [0.2, 0.25) is 10.0 Å². The van der Waals surface area contributed by atoms with E-state index in [4.69, 9.17) is 23.2 Å². The van der Waals surface area contributed by atoms with Gasteiger partial charge < -0.3 is 0 Å². The maximum atomic E-state index is 10.6. The summed E-state index contributed by atoms with van der Waals surface area (Å²) in [5.74, 6) is 0.935. The van der Waals surface area contributed by atoms with Crippen LogP contribution in [0.5, 0.6) is 0 Å². The van der Waals surface area contributed by atoms with Crippen molar-refractivity contribution in [1.82, 2.24) is 0 Å². The normalized spacial score (nSPS) is 10.3. The highest BCUT2D eigenvalue weighted by atomic mass is 35.5. The first-order valence-corrected chi connectivity index (χ1v) is 6.06. The predicted octanol–water partition coefficient (Wildman–Crippen LogP) is 4.40. The Bertz CT molecular complexity index is 361. The Labute approximate surface area is 102 Å². The van der Waals surface area contributed by atoms with E-state index in [2.05, 4.69) is 6.92 Å². The zero-order valence-corrected chi connectivity index (χ0v) is 10.3. The summed E-state index contributed by atoms with van der Waals surface area (Å²) in [6, 6.07) is 3.15. The number of hydrogen-bond acceptors (Lipinski definition) is 3. The lowest BCUT2D eigenvalue weighted by atomic mass is 10.3. The fourth-order valence-electron chi connectivity index (χ4n) is 1.02. The molecule has 0 amide bonds. The summed E-state index contributed by atoms with van der Waals surface area (Å²) in [7, 11) is 0. The van der Waals surface area contributed by atoms with E-state index in [0.717, 1.165) is 17.1 Å². The van der Waals surface area contributed by atoms with E-state index < -0.39 is 4.92 Å². The number of hydrogen-bond donors (Lipinski definition) is 0. The smallest absolute Gasteiger partial charge is 0.258 e. The lowest BCUT2D eigenvalue weighted by molar-refractivity contribution is -0.384. The Hall–Kier alpha value is -0.450. The molecule has 1 aromatic rings. The molecule has 0 aromatic heterocycles. The first-order valence-electron chi connectivity index (χ1n) is 4.32. The molecule has 0 N–H and O–H groups in total. The second-order valence-corrected chi connectivity index (χ2v) is 4.82. The van der Waals surface area contributed by atoms with Crippen LogP contribution in [0.25, 0.3) is 0 Å². The first-order chi connectivity index (χ1) is 7.06. The molecule has 0 bridgehead atoms. The number of nitro groups is 1. The molecule has 0 unspecified atom stereocenters. The van der Waals surface area contributed by atoms with Gasteiger partial charge in [0.05, 0.1) is 4.92 Å². The van der Waals surface area contributed by atoms with Crippen molar-refractivity contribution in [3.05, 3.63) is 32.3 Å². The van der Waals surface area contributed by atoms with Crippen molar-refractivity contribution in [3.8, 4) is 0 Å². The third-order valence-corrected chi connectivity index (χ3v) is 3.40. The van der Waals surface area contributed by atoms with Crippen LogP contribution in [0.4, 0.5) is 5.69 Å². The zero-order valence-electron chi connectivity index (χ0n) is 8.00. The van der Waals surface area contributed by atoms with Crippen LogP contribution >= 0.6 is 35.0 Å². The van der Waals surface area contributed by atoms with Gasteiger partial charge in [-0.1, -0.05) is 30.1 Å². The second kappa shape index (κ2) is 5.58. The van der Waals surface area contributed by atoms with Crippen LogP contribution in [-0.4, -0.2) is 10.7 Å². The second-order valence-electron chi connectivity index (χ2n) is 2.84. The fraction of sp³-hybridized carbons (Fsp3) is 0.333. The van der Waals surface area contributed by atoms with Crippen molar-refractivity contribution in [3.63, 3.8) is 0 Å². The summed E-state index contributed by atoms with van der Waals surface area (Å²) in [6.07, 6.45) is 1.02. The zero-order chi connectivity index (χ0) is 11.4. The lowest BCUT2D eigenvalue weighted by Gasteiger charge is -2.03. The number of nitro benzene ring substituents is 1. The summed E-state index contributed by atoms with van der Waals surface area (Å²) < 4.78 is 0. The van der Waals surface area contributed by atoms with Gasteiger partial charge >= 0.3 is 5.69 Å². The minimum Gasteiger partial charge on any atom is -0.258 e. The van der Waals surface area contributed by atoms with E-state index >= 15 is 0 Å². The van der Waals surface area contributed by atoms with Crippen molar-refractivity contribution in [2.45, 2.75) is 18.2 Å². The van der Waals surface area contributed by atoms with Crippen molar-refractivity contribution < 1.29 is 4.92 Å². The Balaban J connectivity index is 3.03. The number of thioether (sulfide) groups is 1. The van der Waals surface area contributed by atoms with E-state index in [1.165, 1.54) is 0 Å². The lowest BCUT2D eigenvalue weighted by Crippen LogP contribution is -1.91. The van der Waals surface area contributed by atoms with Gasteiger partial charge in [0.1, 0.15) is 10.0 Å². The Morgan fingerprint density at radius 1 is 1.40 bits per heavy atom. The maximum absolute atomic E-state index is 10.6. The van der Waals surface area contributed by atoms with Crippen LogP contribution < -0.4 is 0 Å². The van der Waals surface area contributed by atoms with Gasteiger partial charge in [-0.3, -0.25) is 10.1 Å². The fourth-order valence-corrected chi connectivity index (χ4v) is 2.62. The largest absolute Gasteiger partial charge is 0.306 e. The minimum atomic E-state index is -0.571. The van der Waals surface area contributed by atoms with E-state index in [1.54, 1.807) is 23.9 Å². The molecular formula is C9H9Cl2NO2S. The predicted molar refractivity (Wildman–Crippen MR) is 64.1 cm³/mol. The van der Waals surface area contributed by atoms with Gasteiger partial charge in [-0.05, 0) is 24.3 Å². The topological polar surface area (TPSA) is 43.1 Å². The minimum absolute atomic E-state index is 0.0890. The summed E-state index contributed by atoms with van der Waals surface area (Å²) in [6.45, 7) is 2.06. The quantitative estimate of drug-likeness (QED) is 0.460. The molecule has 0 radical (unpaired) electrons. The van der Waals surface area contributed by atoms with E-state index in [-0.39, 0.29) is 15.7 Å². The standard InChI is InChI=1S/C9H9Cl2NO2S/c1-2-3-15-6-4-7(10)9(12(13)14)8(11)5-6/h4-5H,2-3H2,1H3. The van der Waals surface area contributed by atoms with Crippen LogP contribution in [0.3, 0.4) is 0 Å². The van der Waals surface area contributed by atoms with Gasteiger partial charge in [-0.2, -0.15) is 0 Å². The van der Waals surface area contributed by atoms with Crippen molar-refractivity contribution in [1.29, 1.82) is 0 Å². The number of benzene rings is 1. The van der Waals surface area contributed by atoms with E-state index in [1.807, 2.05) is 0 Å². The molecule has 0 heterocycles.